The van der Waals surface area contributed by atoms with Gasteiger partial charge in [-0.2, -0.15) is 0 Å². The summed E-state index contributed by atoms with van der Waals surface area (Å²) in [6.07, 6.45) is 9.81. The topological polar surface area (TPSA) is 211 Å². The standard InChI is InChI=1S/C13H21NO4.2C11H13NO2.C7H6O.C4H6Br2.C4H9NO2.ClH/c1-6-9-8-13(9,10(15)17-7-2)14-11(16)18-12(3,4)5;2*1-2-14-11(13)9-12-8-10-6-4-3-5-7-10;8-6-7-4-2-1-3-5-7;5-3-1-2-4-6;1-2-7-4(6)3-5;/h6,9H,1,7-8H2,2-5H3,(H,14,16);2*3-8H,2,9H2,1H3;1-6H;1-2H,3-4H2;2-3,5H2,1H3;1H/b;;;;2-1+;;. The molecule has 1 amide bonds. The summed E-state index contributed by atoms with van der Waals surface area (Å²) >= 11 is 6.49. The first-order chi connectivity index (χ1) is 32.1. The van der Waals surface area contributed by atoms with Crippen LogP contribution < -0.4 is 11.1 Å². The molecule has 18 heteroatoms. The number of carbonyl (C=O) groups excluding carboxylic acids is 6. The number of alkyl halides is 2. The zero-order chi connectivity index (χ0) is 50.8. The summed E-state index contributed by atoms with van der Waals surface area (Å²) in [5.41, 5.74) is 5.99. The molecule has 0 aliphatic heterocycles. The normalized spacial score (nSPS) is 13.9. The fourth-order valence-electron chi connectivity index (χ4n) is 4.57. The third kappa shape index (κ3) is 36.6. The first kappa shape index (κ1) is 66.8. The summed E-state index contributed by atoms with van der Waals surface area (Å²) in [5.74, 6) is -1.45. The van der Waals surface area contributed by atoms with Gasteiger partial charge in [0.05, 0.1) is 33.0 Å². The Morgan fingerprint density at radius 3 is 1.35 bits per heavy atom. The molecule has 1 aliphatic carbocycles. The van der Waals surface area contributed by atoms with E-state index in [-0.39, 0.29) is 62.5 Å². The van der Waals surface area contributed by atoms with E-state index < -0.39 is 23.2 Å². The average Bonchev–Trinajstić information content (AvgIpc) is 4.03. The zero-order valence-corrected chi connectivity index (χ0v) is 44.1. The summed E-state index contributed by atoms with van der Waals surface area (Å²) in [7, 11) is 0. The van der Waals surface area contributed by atoms with Crippen LogP contribution in [0.25, 0.3) is 0 Å². The van der Waals surface area contributed by atoms with Gasteiger partial charge in [0.2, 0.25) is 0 Å². The SMILES string of the molecule is BrC/C=C/CBr.C=CC1CC1(NC(=O)OC(C)(C)C)C(=O)OCC.CCOC(=O)CN.CCOC(=O)CN=Cc1ccccc1.CCOC(=O)CN=Cc1ccccc1.Cl.O=Cc1ccccc1. The molecule has 2 atom stereocenters. The van der Waals surface area contributed by atoms with Gasteiger partial charge in [-0.15, -0.1) is 19.0 Å². The second-order valence-electron chi connectivity index (χ2n) is 14.1. The predicted molar refractivity (Wildman–Crippen MR) is 280 cm³/mol. The van der Waals surface area contributed by atoms with Crippen LogP contribution in [0.15, 0.2) is 126 Å². The molecule has 3 N–H and O–H groups in total. The van der Waals surface area contributed by atoms with Gasteiger partial charge in [0.15, 0.2) is 0 Å². The monoisotopic (exact) mass is 1090 g/mol. The fraction of sp³-hybridized carbons (Fsp3) is 0.400. The summed E-state index contributed by atoms with van der Waals surface area (Å²) < 4.78 is 24.0. The second-order valence-corrected chi connectivity index (χ2v) is 15.3. The third-order valence-electron chi connectivity index (χ3n) is 7.55. The van der Waals surface area contributed by atoms with E-state index in [0.717, 1.165) is 33.6 Å². The number of benzene rings is 3. The molecular formula is C50H69Br2ClN4O11. The number of hydrogen-bond acceptors (Lipinski definition) is 14. The van der Waals surface area contributed by atoms with Crippen molar-refractivity contribution in [3.05, 3.63) is 132 Å². The van der Waals surface area contributed by atoms with Crippen molar-refractivity contribution in [2.24, 2.45) is 21.6 Å². The molecule has 1 fully saturated rings. The van der Waals surface area contributed by atoms with E-state index in [1.165, 1.54) is 0 Å². The molecule has 0 aromatic heterocycles. The van der Waals surface area contributed by atoms with Crippen molar-refractivity contribution in [1.82, 2.24) is 5.32 Å². The molecule has 1 aliphatic rings. The lowest BCUT2D eigenvalue weighted by atomic mass is 10.2. The third-order valence-corrected chi connectivity index (χ3v) is 8.29. The lowest BCUT2D eigenvalue weighted by Gasteiger charge is -2.23. The molecule has 2 unspecified atom stereocenters. The van der Waals surface area contributed by atoms with Gasteiger partial charge < -0.3 is 34.7 Å². The highest BCUT2D eigenvalue weighted by atomic mass is 79.9. The Morgan fingerprint density at radius 1 is 0.691 bits per heavy atom. The van der Waals surface area contributed by atoms with Gasteiger partial charge in [0, 0.05) is 34.6 Å². The molecule has 0 saturated heterocycles. The number of amides is 1. The van der Waals surface area contributed by atoms with Crippen LogP contribution in [0.5, 0.6) is 0 Å². The second kappa shape index (κ2) is 42.8. The van der Waals surface area contributed by atoms with Crippen molar-refractivity contribution in [2.75, 3.05) is 56.7 Å². The number of hydrogen-bond donors (Lipinski definition) is 2. The summed E-state index contributed by atoms with van der Waals surface area (Å²) in [6, 6.07) is 28.4. The van der Waals surface area contributed by atoms with Crippen molar-refractivity contribution >= 4 is 93.0 Å². The van der Waals surface area contributed by atoms with Crippen molar-refractivity contribution in [2.45, 2.75) is 66.0 Å². The Kier molecular flexibility index (Phi) is 42.1. The molecule has 3 aromatic rings. The highest BCUT2D eigenvalue weighted by Gasteiger charge is 2.61. The smallest absolute Gasteiger partial charge is 0.408 e. The molecule has 0 spiro atoms. The van der Waals surface area contributed by atoms with Crippen LogP contribution in [-0.4, -0.2) is 117 Å². The van der Waals surface area contributed by atoms with Crippen LogP contribution in [0.4, 0.5) is 4.79 Å². The lowest BCUT2D eigenvalue weighted by Crippen LogP contribution is -2.47. The molecule has 376 valence electrons. The van der Waals surface area contributed by atoms with Gasteiger partial charge in [-0.1, -0.05) is 141 Å². The van der Waals surface area contributed by atoms with E-state index in [0.29, 0.717) is 26.2 Å². The van der Waals surface area contributed by atoms with Crippen LogP contribution in [0.3, 0.4) is 0 Å². The Balaban J connectivity index is -0.000000774. The van der Waals surface area contributed by atoms with Crippen molar-refractivity contribution in [3.8, 4) is 0 Å². The Morgan fingerprint density at radius 2 is 1.07 bits per heavy atom. The van der Waals surface area contributed by atoms with Gasteiger partial charge >= 0.3 is 30.0 Å². The predicted octanol–water partition coefficient (Wildman–Crippen LogP) is 9.12. The summed E-state index contributed by atoms with van der Waals surface area (Å²) in [5, 5.41) is 4.52. The van der Waals surface area contributed by atoms with Crippen LogP contribution >= 0.6 is 44.3 Å². The number of ether oxygens (including phenoxy) is 5. The van der Waals surface area contributed by atoms with E-state index >= 15 is 0 Å². The minimum absolute atomic E-state index is 0. The molecule has 4 rings (SSSR count). The summed E-state index contributed by atoms with van der Waals surface area (Å²) in [6.45, 7) is 17.6. The van der Waals surface area contributed by atoms with E-state index in [4.69, 9.17) is 24.7 Å². The lowest BCUT2D eigenvalue weighted by molar-refractivity contribution is -0.147. The largest absolute Gasteiger partial charge is 0.465 e. The number of carbonyl (C=O) groups is 6. The van der Waals surface area contributed by atoms with Crippen LogP contribution in [0.2, 0.25) is 0 Å². The van der Waals surface area contributed by atoms with Crippen LogP contribution in [0.1, 0.15) is 76.4 Å². The molecule has 1 saturated carbocycles. The minimum atomic E-state index is -0.986. The molecule has 68 heavy (non-hydrogen) atoms. The number of rotatable bonds is 17. The quantitative estimate of drug-likeness (QED) is 0.0324. The van der Waals surface area contributed by atoms with E-state index in [2.05, 4.69) is 70.6 Å². The first-order valence-corrected chi connectivity index (χ1v) is 23.6. The van der Waals surface area contributed by atoms with Gasteiger partial charge in [0.25, 0.3) is 0 Å². The Hall–Kier alpha value is -5.49. The molecular weight excluding hydrogens is 1030 g/mol. The van der Waals surface area contributed by atoms with Gasteiger partial charge in [-0.05, 0) is 66.0 Å². The molecule has 3 aromatic carbocycles. The maximum atomic E-state index is 11.9. The van der Waals surface area contributed by atoms with E-state index in [9.17, 15) is 28.8 Å². The molecule has 15 nitrogen and oxygen atoms in total. The number of aliphatic imine (C=N–C) groups is 2. The number of nitrogens with two attached hydrogens (primary N) is 1. The van der Waals surface area contributed by atoms with Crippen molar-refractivity contribution in [3.63, 3.8) is 0 Å². The number of alkyl carbamates (subject to hydrolysis) is 1. The number of esters is 4. The Labute approximate surface area is 425 Å². The number of nitrogens with zero attached hydrogens (tertiary/aromatic N) is 2. The fourth-order valence-corrected chi connectivity index (χ4v) is 5.10. The zero-order valence-electron chi connectivity index (χ0n) is 40.1. The highest BCUT2D eigenvalue weighted by Crippen LogP contribution is 2.45. The number of halogens is 3. The van der Waals surface area contributed by atoms with Gasteiger partial charge in [-0.25, -0.2) is 9.59 Å². The minimum Gasteiger partial charge on any atom is -0.465 e. The number of aldehydes is 1. The molecule has 0 radical (unpaired) electrons. The maximum absolute atomic E-state index is 11.9. The van der Waals surface area contributed by atoms with Crippen molar-refractivity contribution < 1.29 is 52.5 Å². The average molecular weight is 1100 g/mol. The Bertz CT molecular complexity index is 1850. The maximum Gasteiger partial charge on any atom is 0.408 e. The van der Waals surface area contributed by atoms with Gasteiger partial charge in [-0.3, -0.25) is 29.2 Å². The highest BCUT2D eigenvalue weighted by molar-refractivity contribution is 9.09. The van der Waals surface area contributed by atoms with Crippen LogP contribution in [0, 0.1) is 5.92 Å². The summed E-state index contributed by atoms with van der Waals surface area (Å²) in [4.78, 5) is 73.4. The van der Waals surface area contributed by atoms with Crippen LogP contribution in [-0.2, 0) is 42.9 Å². The molecule has 0 bridgehead atoms. The van der Waals surface area contributed by atoms with Crippen molar-refractivity contribution in [1.29, 1.82) is 0 Å². The van der Waals surface area contributed by atoms with E-state index in [1.54, 1.807) is 79.1 Å². The molecule has 0 heterocycles. The van der Waals surface area contributed by atoms with Gasteiger partial charge in [0.1, 0.15) is 30.5 Å². The number of nitrogens with one attached hydrogen (secondary N) is 1. The number of allylic oxidation sites excluding steroid dienone is 2. The van der Waals surface area contributed by atoms with E-state index in [1.807, 2.05) is 78.9 Å². The first-order valence-electron chi connectivity index (χ1n) is 21.4.